The van der Waals surface area contributed by atoms with Crippen molar-refractivity contribution in [1.29, 1.82) is 0 Å². The number of pyridine rings is 2. The number of thiazole rings is 1. The first-order chi connectivity index (χ1) is 19.7. The van der Waals surface area contributed by atoms with E-state index in [4.69, 9.17) is 9.40 Å². The maximum absolute atomic E-state index is 6.30. The molecule has 0 aliphatic rings. The summed E-state index contributed by atoms with van der Waals surface area (Å²) in [7, 11) is 0. The molecular formula is C36H31IrN3OS-2. The van der Waals surface area contributed by atoms with E-state index in [9.17, 15) is 0 Å². The van der Waals surface area contributed by atoms with Gasteiger partial charge in [-0.3, -0.25) is 0 Å². The van der Waals surface area contributed by atoms with Gasteiger partial charge < -0.3 is 14.4 Å². The van der Waals surface area contributed by atoms with Crippen LogP contribution in [0.25, 0.3) is 54.7 Å². The molecule has 213 valence electrons. The van der Waals surface area contributed by atoms with Gasteiger partial charge in [-0.2, -0.15) is 0 Å². The van der Waals surface area contributed by atoms with Crippen molar-refractivity contribution in [2.75, 3.05) is 0 Å². The average Bonchev–Trinajstić information content (AvgIpc) is 3.55. The van der Waals surface area contributed by atoms with Crippen LogP contribution in [-0.2, 0) is 25.5 Å². The fourth-order valence-electron chi connectivity index (χ4n) is 4.61. The van der Waals surface area contributed by atoms with Gasteiger partial charge in [0.1, 0.15) is 5.58 Å². The molecule has 6 heteroatoms. The predicted octanol–water partition coefficient (Wildman–Crippen LogP) is 9.83. The zero-order valence-electron chi connectivity index (χ0n) is 24.5. The van der Waals surface area contributed by atoms with E-state index in [1.807, 2.05) is 55.7 Å². The van der Waals surface area contributed by atoms with Crippen molar-refractivity contribution in [1.82, 2.24) is 15.0 Å². The number of hydrogen-bond acceptors (Lipinski definition) is 5. The Morgan fingerprint density at radius 1 is 0.786 bits per heavy atom. The second kappa shape index (κ2) is 11.9. The summed E-state index contributed by atoms with van der Waals surface area (Å²) in [6, 6.07) is 28.8. The Balaban J connectivity index is 0.000000212. The van der Waals surface area contributed by atoms with Gasteiger partial charge in [0.25, 0.3) is 0 Å². The zero-order chi connectivity index (χ0) is 28.7. The minimum absolute atomic E-state index is 0. The molecule has 3 aromatic carbocycles. The van der Waals surface area contributed by atoms with Crippen LogP contribution in [0.3, 0.4) is 0 Å². The molecule has 0 aliphatic heterocycles. The van der Waals surface area contributed by atoms with E-state index >= 15 is 0 Å². The summed E-state index contributed by atoms with van der Waals surface area (Å²) in [6.07, 6.45) is 3.78. The van der Waals surface area contributed by atoms with Crippen LogP contribution in [-0.4, -0.2) is 15.0 Å². The van der Waals surface area contributed by atoms with Crippen molar-refractivity contribution in [3.63, 3.8) is 0 Å². The third-order valence-corrected chi connectivity index (χ3v) is 8.55. The van der Waals surface area contributed by atoms with Gasteiger partial charge in [0.05, 0.1) is 20.8 Å². The van der Waals surface area contributed by atoms with Crippen molar-refractivity contribution in [3.05, 3.63) is 113 Å². The van der Waals surface area contributed by atoms with Crippen molar-refractivity contribution in [3.8, 4) is 22.5 Å². The number of furan rings is 1. The van der Waals surface area contributed by atoms with E-state index in [2.05, 4.69) is 87.1 Å². The first-order valence-electron chi connectivity index (χ1n) is 13.7. The molecule has 0 bridgehead atoms. The Labute approximate surface area is 264 Å². The Morgan fingerprint density at radius 3 is 2.29 bits per heavy atom. The second-order valence-corrected chi connectivity index (χ2v) is 12.5. The summed E-state index contributed by atoms with van der Waals surface area (Å²) in [5.41, 5.74) is 10.1. The fourth-order valence-corrected chi connectivity index (χ4v) is 5.66. The molecule has 42 heavy (non-hydrogen) atoms. The first-order valence-corrected chi connectivity index (χ1v) is 14.5. The molecule has 0 N–H and O–H groups in total. The molecule has 1 radical (unpaired) electrons. The largest absolute Gasteiger partial charge is 0.501 e. The SMILES string of the molecule is Cc1ccc(-c2[c-]cccc2)nc1.Cc1cnc(-c2[c-]ccc3c2oc2cc4nc(C(C)(C)C)sc4cc23)cc1C.[Ir]. The van der Waals surface area contributed by atoms with Gasteiger partial charge in [-0.1, -0.05) is 55.5 Å². The van der Waals surface area contributed by atoms with Crippen LogP contribution in [0.15, 0.2) is 83.5 Å². The number of rotatable bonds is 2. The third-order valence-electron chi connectivity index (χ3n) is 7.11. The zero-order valence-corrected chi connectivity index (χ0v) is 27.7. The monoisotopic (exact) mass is 746 g/mol. The second-order valence-electron chi connectivity index (χ2n) is 11.4. The van der Waals surface area contributed by atoms with Gasteiger partial charge in [0.2, 0.25) is 0 Å². The number of nitrogens with zero attached hydrogens (tertiary/aromatic N) is 3. The molecule has 0 amide bonds. The van der Waals surface area contributed by atoms with Crippen LogP contribution >= 0.6 is 11.3 Å². The van der Waals surface area contributed by atoms with Crippen LogP contribution in [0, 0.1) is 32.9 Å². The van der Waals surface area contributed by atoms with E-state index in [0.717, 1.165) is 55.0 Å². The molecule has 0 fully saturated rings. The summed E-state index contributed by atoms with van der Waals surface area (Å²) < 4.78 is 7.50. The molecule has 0 aliphatic carbocycles. The molecule has 0 atom stereocenters. The third kappa shape index (κ3) is 5.93. The first kappa shape index (κ1) is 29.8. The summed E-state index contributed by atoms with van der Waals surface area (Å²) in [6.45, 7) is 12.8. The number of benzene rings is 3. The summed E-state index contributed by atoms with van der Waals surface area (Å²) in [5.74, 6) is 0. The molecule has 7 aromatic rings. The van der Waals surface area contributed by atoms with Crippen molar-refractivity contribution < 1.29 is 24.5 Å². The van der Waals surface area contributed by atoms with Crippen molar-refractivity contribution >= 4 is 43.5 Å². The van der Waals surface area contributed by atoms with Gasteiger partial charge in [0.15, 0.2) is 0 Å². The summed E-state index contributed by atoms with van der Waals surface area (Å²) >= 11 is 1.76. The minimum atomic E-state index is 0. The van der Waals surface area contributed by atoms with Gasteiger partial charge >= 0.3 is 0 Å². The number of aromatic nitrogens is 3. The molecule has 0 spiro atoms. The molecule has 4 aromatic heterocycles. The Hall–Kier alpha value is -3.70. The summed E-state index contributed by atoms with van der Waals surface area (Å²) in [5, 5.41) is 3.36. The molecule has 7 rings (SSSR count). The molecular weight excluding hydrogens is 715 g/mol. The molecule has 0 unspecified atom stereocenters. The Kier molecular flexibility index (Phi) is 8.43. The van der Waals surface area contributed by atoms with Crippen LogP contribution in [0.4, 0.5) is 0 Å². The topological polar surface area (TPSA) is 51.8 Å². The van der Waals surface area contributed by atoms with E-state index in [1.165, 1.54) is 21.4 Å². The molecule has 0 saturated carbocycles. The Morgan fingerprint density at radius 2 is 1.60 bits per heavy atom. The maximum atomic E-state index is 6.30. The van der Waals surface area contributed by atoms with Gasteiger partial charge in [-0.25, -0.2) is 4.98 Å². The summed E-state index contributed by atoms with van der Waals surface area (Å²) in [4.78, 5) is 13.8. The Bertz CT molecular complexity index is 2000. The maximum Gasteiger partial charge on any atom is 0.123 e. The van der Waals surface area contributed by atoms with Gasteiger partial charge in [-0.05, 0) is 49.4 Å². The van der Waals surface area contributed by atoms with Crippen LogP contribution in [0.1, 0.15) is 42.5 Å². The van der Waals surface area contributed by atoms with Crippen LogP contribution < -0.4 is 0 Å². The van der Waals surface area contributed by atoms with E-state index < -0.39 is 0 Å². The van der Waals surface area contributed by atoms with Crippen LogP contribution in [0.5, 0.6) is 0 Å². The van der Waals surface area contributed by atoms with E-state index in [-0.39, 0.29) is 25.5 Å². The fraction of sp³-hybridized carbons (Fsp3) is 0.194. The number of fused-ring (bicyclic) bond motifs is 4. The quantitative estimate of drug-likeness (QED) is 0.166. The molecule has 4 heterocycles. The molecule has 4 nitrogen and oxygen atoms in total. The normalized spacial score (nSPS) is 11.4. The van der Waals surface area contributed by atoms with E-state index in [0.29, 0.717) is 0 Å². The van der Waals surface area contributed by atoms with Gasteiger partial charge in [0, 0.05) is 49.4 Å². The van der Waals surface area contributed by atoms with E-state index in [1.54, 1.807) is 11.3 Å². The number of aryl methyl sites for hydroxylation is 3. The van der Waals surface area contributed by atoms with Crippen molar-refractivity contribution in [2.45, 2.75) is 47.0 Å². The minimum Gasteiger partial charge on any atom is -0.501 e. The van der Waals surface area contributed by atoms with Crippen molar-refractivity contribution in [2.24, 2.45) is 0 Å². The number of hydrogen-bond donors (Lipinski definition) is 0. The standard InChI is InChI=1S/C24H21N2OS.C12H10N.Ir/c1-13-9-18(25-12-14(13)2)16-8-6-7-15-17-10-21-19(11-20(17)27-22(15)16)26-23(28-21)24(3,4)5;1-10-7-8-12(13-9-10)11-5-3-2-4-6-11;/h6-7,9-12H,1-5H3;2-5,7-9H,1H3;/q2*-1;. The predicted molar refractivity (Wildman–Crippen MR) is 170 cm³/mol. The van der Waals surface area contributed by atoms with Gasteiger partial charge in [-0.15, -0.1) is 65.4 Å². The van der Waals surface area contributed by atoms with Crippen LogP contribution in [0.2, 0.25) is 0 Å². The molecule has 0 saturated heterocycles. The average molecular weight is 746 g/mol. The smallest absolute Gasteiger partial charge is 0.123 e.